The van der Waals surface area contributed by atoms with Crippen molar-refractivity contribution in [1.82, 2.24) is 0 Å². The lowest BCUT2D eigenvalue weighted by molar-refractivity contribution is -0.143. The summed E-state index contributed by atoms with van der Waals surface area (Å²) >= 11 is 0. The van der Waals surface area contributed by atoms with Crippen molar-refractivity contribution >= 4 is 5.97 Å². The molecule has 1 aromatic carbocycles. The smallest absolute Gasteiger partial charge is 0.313 e. The van der Waals surface area contributed by atoms with Crippen LogP contribution in [0.25, 0.3) is 10.4 Å². The number of nitrogens with zero attached hydrogens (tertiary/aromatic N) is 3. The van der Waals surface area contributed by atoms with Crippen LogP contribution in [0.4, 0.5) is 0 Å². The third kappa shape index (κ3) is 3.74. The molecule has 7 nitrogen and oxygen atoms in total. The number of hydrogen-bond donors (Lipinski definition) is 2. The molecular formula is C23H31N3O4. The fraction of sp³-hybridized carbons (Fsp3) is 0.609. The molecule has 4 atom stereocenters. The largest absolute Gasteiger partial charge is 0.508 e. The lowest BCUT2D eigenvalue weighted by Crippen LogP contribution is -2.45. The van der Waals surface area contributed by atoms with E-state index in [2.05, 4.69) is 36.9 Å². The van der Waals surface area contributed by atoms with E-state index in [0.29, 0.717) is 17.7 Å². The van der Waals surface area contributed by atoms with Crippen molar-refractivity contribution in [3.05, 3.63) is 45.4 Å². The molecule has 1 aliphatic heterocycles. The monoisotopic (exact) mass is 413 g/mol. The molecule has 1 aliphatic carbocycles. The van der Waals surface area contributed by atoms with Gasteiger partial charge in [-0.2, -0.15) is 0 Å². The molecule has 2 aliphatic rings. The van der Waals surface area contributed by atoms with Crippen LogP contribution in [0.5, 0.6) is 11.5 Å². The fourth-order valence-electron chi connectivity index (χ4n) is 5.02. The minimum Gasteiger partial charge on any atom is -0.508 e. The second-order valence-corrected chi connectivity index (χ2v) is 9.42. The Labute approximate surface area is 177 Å². The average molecular weight is 414 g/mol. The Kier molecular flexibility index (Phi) is 5.79. The summed E-state index contributed by atoms with van der Waals surface area (Å²) < 4.78 is 6.34. The Morgan fingerprint density at radius 1 is 1.47 bits per heavy atom. The van der Waals surface area contributed by atoms with Gasteiger partial charge in [0, 0.05) is 28.4 Å². The van der Waals surface area contributed by atoms with E-state index in [4.69, 9.17) is 10.3 Å². The van der Waals surface area contributed by atoms with Crippen LogP contribution in [0.2, 0.25) is 0 Å². The predicted octanol–water partition coefficient (Wildman–Crippen LogP) is 5.82. The Hall–Kier alpha value is -2.66. The van der Waals surface area contributed by atoms with E-state index in [0.717, 1.165) is 18.4 Å². The molecule has 7 heteroatoms. The van der Waals surface area contributed by atoms with Gasteiger partial charge >= 0.3 is 5.97 Å². The molecule has 0 fully saturated rings. The number of hydrogen-bond acceptors (Lipinski definition) is 4. The van der Waals surface area contributed by atoms with E-state index in [1.165, 1.54) is 5.57 Å². The highest BCUT2D eigenvalue weighted by Gasteiger charge is 2.47. The van der Waals surface area contributed by atoms with Gasteiger partial charge in [0.05, 0.1) is 5.41 Å². The summed E-state index contributed by atoms with van der Waals surface area (Å²) in [6.07, 6.45) is 4.65. The molecule has 1 aromatic rings. The van der Waals surface area contributed by atoms with Gasteiger partial charge in [-0.3, -0.25) is 4.79 Å². The lowest BCUT2D eigenvalue weighted by Gasteiger charge is -2.47. The number of carboxylic acids is 1. The molecule has 3 rings (SSSR count). The highest BCUT2D eigenvalue weighted by Crippen LogP contribution is 2.55. The summed E-state index contributed by atoms with van der Waals surface area (Å²) in [5.41, 5.74) is 9.57. The maximum absolute atomic E-state index is 12.3. The SMILES string of the molecule is CCC(CC(C)(C(=O)O)c1cc(O)c2c(c1)OC(C)(C)[C@@H]1CC=C(C)C[C@@H]21)N=[N+]=[N-]. The number of fused-ring (bicyclic) bond motifs is 3. The number of benzene rings is 1. The summed E-state index contributed by atoms with van der Waals surface area (Å²) in [6, 6.07) is 2.86. The van der Waals surface area contributed by atoms with E-state index in [-0.39, 0.29) is 24.0 Å². The normalized spacial score (nSPS) is 24.8. The van der Waals surface area contributed by atoms with Gasteiger partial charge in [0.2, 0.25) is 0 Å². The van der Waals surface area contributed by atoms with Crippen LogP contribution >= 0.6 is 0 Å². The van der Waals surface area contributed by atoms with Crippen molar-refractivity contribution in [2.24, 2.45) is 11.0 Å². The molecule has 0 radical (unpaired) electrons. The topological polar surface area (TPSA) is 116 Å². The van der Waals surface area contributed by atoms with E-state index < -0.39 is 23.0 Å². The zero-order chi connectivity index (χ0) is 22.3. The zero-order valence-corrected chi connectivity index (χ0v) is 18.3. The van der Waals surface area contributed by atoms with Crippen LogP contribution in [0.3, 0.4) is 0 Å². The Bertz CT molecular complexity index is 933. The number of phenols is 1. The molecular weight excluding hydrogens is 382 g/mol. The van der Waals surface area contributed by atoms with Gasteiger partial charge in [0.25, 0.3) is 0 Å². The van der Waals surface area contributed by atoms with Gasteiger partial charge in [0.15, 0.2) is 0 Å². The Balaban J connectivity index is 2.11. The fourth-order valence-corrected chi connectivity index (χ4v) is 5.02. The highest BCUT2D eigenvalue weighted by molar-refractivity contribution is 5.81. The van der Waals surface area contributed by atoms with Crippen LogP contribution in [0, 0.1) is 5.92 Å². The zero-order valence-electron chi connectivity index (χ0n) is 18.3. The van der Waals surface area contributed by atoms with Gasteiger partial charge in [0.1, 0.15) is 17.1 Å². The van der Waals surface area contributed by atoms with Gasteiger partial charge < -0.3 is 14.9 Å². The number of carbonyl (C=O) groups is 1. The van der Waals surface area contributed by atoms with Gasteiger partial charge in [-0.15, -0.1) is 0 Å². The van der Waals surface area contributed by atoms with Gasteiger partial charge in [-0.05, 0) is 76.6 Å². The van der Waals surface area contributed by atoms with E-state index in [1.807, 2.05) is 6.92 Å². The van der Waals surface area contributed by atoms with Crippen LogP contribution in [0.1, 0.15) is 77.3 Å². The van der Waals surface area contributed by atoms with Crippen LogP contribution in [-0.4, -0.2) is 27.8 Å². The van der Waals surface area contributed by atoms with Crippen molar-refractivity contribution in [2.75, 3.05) is 0 Å². The first-order valence-corrected chi connectivity index (χ1v) is 10.5. The maximum atomic E-state index is 12.3. The molecule has 162 valence electrons. The number of allylic oxidation sites excluding steroid dienone is 2. The van der Waals surface area contributed by atoms with Gasteiger partial charge in [-0.25, -0.2) is 0 Å². The van der Waals surface area contributed by atoms with E-state index in [1.54, 1.807) is 19.1 Å². The minimum absolute atomic E-state index is 0.0759. The van der Waals surface area contributed by atoms with E-state index in [9.17, 15) is 15.0 Å². The lowest BCUT2D eigenvalue weighted by atomic mass is 9.66. The summed E-state index contributed by atoms with van der Waals surface area (Å²) in [5, 5.41) is 24.8. The minimum atomic E-state index is -1.33. The van der Waals surface area contributed by atoms with Crippen LogP contribution in [-0.2, 0) is 10.2 Å². The number of aliphatic carboxylic acids is 1. The number of aromatic hydroxyl groups is 1. The first kappa shape index (κ1) is 22.0. The third-order valence-corrected chi connectivity index (χ3v) is 6.94. The molecule has 0 bridgehead atoms. The molecule has 0 saturated heterocycles. The van der Waals surface area contributed by atoms with Crippen LogP contribution in [0.15, 0.2) is 28.9 Å². The molecule has 0 saturated carbocycles. The number of carboxylic acid groups (broad SMARTS) is 1. The summed E-state index contributed by atoms with van der Waals surface area (Å²) in [5.74, 6) is -0.0312. The van der Waals surface area contributed by atoms with Crippen molar-refractivity contribution in [3.63, 3.8) is 0 Å². The van der Waals surface area contributed by atoms with Crippen LogP contribution < -0.4 is 4.74 Å². The second kappa shape index (κ2) is 7.88. The highest BCUT2D eigenvalue weighted by atomic mass is 16.5. The number of phenolic OH excluding ortho intramolecular Hbond substituents is 1. The van der Waals surface area contributed by atoms with E-state index >= 15 is 0 Å². The van der Waals surface area contributed by atoms with Crippen molar-refractivity contribution in [1.29, 1.82) is 0 Å². The second-order valence-electron chi connectivity index (χ2n) is 9.42. The quantitative estimate of drug-likeness (QED) is 0.264. The Morgan fingerprint density at radius 2 is 2.17 bits per heavy atom. The molecule has 2 unspecified atom stereocenters. The van der Waals surface area contributed by atoms with Crippen molar-refractivity contribution in [3.8, 4) is 11.5 Å². The number of ether oxygens (including phenoxy) is 1. The third-order valence-electron chi connectivity index (χ3n) is 6.94. The molecule has 0 amide bonds. The molecule has 1 heterocycles. The summed E-state index contributed by atoms with van der Waals surface area (Å²) in [4.78, 5) is 15.1. The molecule has 0 spiro atoms. The first-order chi connectivity index (χ1) is 14.0. The van der Waals surface area contributed by atoms with Crippen molar-refractivity contribution < 1.29 is 19.7 Å². The number of azide groups is 1. The predicted molar refractivity (Wildman–Crippen MR) is 115 cm³/mol. The molecule has 30 heavy (non-hydrogen) atoms. The van der Waals surface area contributed by atoms with Gasteiger partial charge in [-0.1, -0.05) is 23.7 Å². The Morgan fingerprint density at radius 3 is 2.77 bits per heavy atom. The standard InChI is InChI=1S/C23H31N3O4/c1-6-15(25-26-24)12-23(5,21(28)29)14-10-18(27)20-16-9-13(2)7-8-17(16)22(3,4)30-19(20)11-14/h7,10-11,15-17,27H,6,8-9,12H2,1-5H3,(H,28,29)/t15?,16-,17-,23?/m1/s1. The first-order valence-electron chi connectivity index (χ1n) is 10.5. The molecule has 0 aromatic heterocycles. The summed E-state index contributed by atoms with van der Waals surface area (Å²) in [6.45, 7) is 9.67. The van der Waals surface area contributed by atoms with Crippen molar-refractivity contribution in [2.45, 2.75) is 83.3 Å². The maximum Gasteiger partial charge on any atom is 0.313 e. The summed E-state index contributed by atoms with van der Waals surface area (Å²) in [7, 11) is 0. The molecule has 2 N–H and O–H groups in total. The average Bonchev–Trinajstić information content (AvgIpc) is 2.65. The number of rotatable bonds is 6.